The van der Waals surface area contributed by atoms with Crippen molar-refractivity contribution in [3.05, 3.63) is 93.1 Å². The van der Waals surface area contributed by atoms with Crippen LogP contribution in [0.2, 0.25) is 0 Å². The van der Waals surface area contributed by atoms with Crippen molar-refractivity contribution in [2.75, 3.05) is 0 Å². The number of alkyl halides is 3. The van der Waals surface area contributed by atoms with Crippen molar-refractivity contribution < 1.29 is 13.2 Å². The third kappa shape index (κ3) is 3.43. The van der Waals surface area contributed by atoms with Gasteiger partial charge in [0.1, 0.15) is 11.6 Å². The van der Waals surface area contributed by atoms with Crippen molar-refractivity contribution in [2.24, 2.45) is 0 Å². The second kappa shape index (κ2) is 7.22. The van der Waals surface area contributed by atoms with E-state index in [0.29, 0.717) is 5.56 Å². The lowest BCUT2D eigenvalue weighted by atomic mass is 10.0. The number of hydrogen-bond donors (Lipinski definition) is 0. The van der Waals surface area contributed by atoms with Gasteiger partial charge in [0.2, 0.25) is 0 Å². The number of pyridine rings is 1. The van der Waals surface area contributed by atoms with Crippen LogP contribution in [0.3, 0.4) is 0 Å². The average Bonchev–Trinajstić information content (AvgIpc) is 3.13. The van der Waals surface area contributed by atoms with Gasteiger partial charge >= 0.3 is 6.18 Å². The van der Waals surface area contributed by atoms with Gasteiger partial charge < -0.3 is 4.57 Å². The highest BCUT2D eigenvalue weighted by molar-refractivity contribution is 7.17. The van der Waals surface area contributed by atoms with Crippen LogP contribution in [0.4, 0.5) is 13.2 Å². The molecule has 2 aromatic heterocycles. The first-order chi connectivity index (χ1) is 13.9. The van der Waals surface area contributed by atoms with Crippen LogP contribution in [0.5, 0.6) is 0 Å². The zero-order valence-corrected chi connectivity index (χ0v) is 15.7. The van der Waals surface area contributed by atoms with Gasteiger partial charge in [0.05, 0.1) is 17.8 Å². The third-order valence-electron chi connectivity index (χ3n) is 4.66. The summed E-state index contributed by atoms with van der Waals surface area (Å²) >= 11 is 1.39. The van der Waals surface area contributed by atoms with E-state index in [0.717, 1.165) is 21.7 Å². The normalized spacial score (nSPS) is 11.5. The summed E-state index contributed by atoms with van der Waals surface area (Å²) < 4.78 is 43.0. The molecule has 0 fully saturated rings. The number of aromatic nitrogens is 1. The predicted molar refractivity (Wildman–Crippen MR) is 107 cm³/mol. The Bertz CT molecular complexity index is 1300. The SMILES string of the molecule is N#Cc1c(C(F)(F)F)cc(-c2csc3ccccc23)n(Cc2ccccc2)c1=O. The summed E-state index contributed by atoms with van der Waals surface area (Å²) in [6.45, 7) is 0.0615. The maximum atomic E-state index is 13.6. The molecule has 0 aliphatic carbocycles. The Morgan fingerprint density at radius 1 is 1.03 bits per heavy atom. The van der Waals surface area contributed by atoms with Gasteiger partial charge in [-0.3, -0.25) is 4.79 Å². The fourth-order valence-electron chi connectivity index (χ4n) is 3.30. The molecule has 0 unspecified atom stereocenters. The second-order valence-corrected chi connectivity index (χ2v) is 7.36. The molecule has 0 N–H and O–H groups in total. The third-order valence-corrected chi connectivity index (χ3v) is 5.62. The fraction of sp³-hybridized carbons (Fsp3) is 0.0909. The number of nitriles is 1. The van der Waals surface area contributed by atoms with E-state index in [-0.39, 0.29) is 12.2 Å². The van der Waals surface area contributed by atoms with Crippen LogP contribution < -0.4 is 5.56 Å². The molecule has 4 aromatic rings. The maximum Gasteiger partial charge on any atom is 0.417 e. The largest absolute Gasteiger partial charge is 0.417 e. The first-order valence-electron chi connectivity index (χ1n) is 8.66. The van der Waals surface area contributed by atoms with Crippen molar-refractivity contribution in [3.63, 3.8) is 0 Å². The van der Waals surface area contributed by atoms with Gasteiger partial charge in [0.15, 0.2) is 0 Å². The van der Waals surface area contributed by atoms with Gasteiger partial charge in [-0.1, -0.05) is 48.5 Å². The number of thiophene rings is 1. The lowest BCUT2D eigenvalue weighted by Gasteiger charge is -2.17. The molecule has 0 aliphatic rings. The zero-order valence-electron chi connectivity index (χ0n) is 14.9. The van der Waals surface area contributed by atoms with E-state index < -0.39 is 22.9 Å². The molecular formula is C22H13F3N2OS. The number of halogens is 3. The molecule has 144 valence electrons. The highest BCUT2D eigenvalue weighted by Crippen LogP contribution is 2.37. The minimum absolute atomic E-state index is 0.0615. The van der Waals surface area contributed by atoms with Crippen LogP contribution in [0.1, 0.15) is 16.7 Å². The van der Waals surface area contributed by atoms with E-state index in [1.54, 1.807) is 35.7 Å². The van der Waals surface area contributed by atoms with E-state index in [2.05, 4.69) is 0 Å². The van der Waals surface area contributed by atoms with Crippen LogP contribution in [0, 0.1) is 11.3 Å². The summed E-state index contributed by atoms with van der Waals surface area (Å²) in [6, 6.07) is 18.6. The lowest BCUT2D eigenvalue weighted by Crippen LogP contribution is -2.28. The molecule has 0 saturated heterocycles. The summed E-state index contributed by atoms with van der Waals surface area (Å²) in [5, 5.41) is 11.8. The zero-order chi connectivity index (χ0) is 20.6. The lowest BCUT2D eigenvalue weighted by molar-refractivity contribution is -0.137. The van der Waals surface area contributed by atoms with E-state index in [1.165, 1.54) is 22.0 Å². The second-order valence-electron chi connectivity index (χ2n) is 6.45. The molecule has 0 aliphatic heterocycles. The standard InChI is InChI=1S/C22H13F3N2OS/c23-22(24,25)18-10-19(17-13-29-20-9-5-4-8-15(17)20)27(21(28)16(18)11-26)12-14-6-2-1-3-7-14/h1-10,13H,12H2. The van der Waals surface area contributed by atoms with Crippen LogP contribution >= 0.6 is 11.3 Å². The summed E-state index contributed by atoms with van der Waals surface area (Å²) in [5.74, 6) is 0. The molecule has 4 rings (SSSR count). The summed E-state index contributed by atoms with van der Waals surface area (Å²) in [6.07, 6.45) is -4.81. The van der Waals surface area contributed by atoms with Crippen molar-refractivity contribution in [3.8, 4) is 17.3 Å². The molecule has 0 radical (unpaired) electrons. The van der Waals surface area contributed by atoms with Crippen LogP contribution in [0.25, 0.3) is 21.3 Å². The maximum absolute atomic E-state index is 13.6. The van der Waals surface area contributed by atoms with E-state index in [1.807, 2.05) is 24.3 Å². The van der Waals surface area contributed by atoms with Crippen molar-refractivity contribution in [1.29, 1.82) is 5.26 Å². The fourth-order valence-corrected chi connectivity index (χ4v) is 4.25. The van der Waals surface area contributed by atoms with Gasteiger partial charge in [0, 0.05) is 21.0 Å². The van der Waals surface area contributed by atoms with Gasteiger partial charge in [-0.05, 0) is 17.7 Å². The Kier molecular flexibility index (Phi) is 4.73. The predicted octanol–water partition coefficient (Wildman–Crippen LogP) is 5.67. The molecule has 7 heteroatoms. The summed E-state index contributed by atoms with van der Waals surface area (Å²) in [5.41, 5.74) is -1.62. The number of benzene rings is 2. The van der Waals surface area contributed by atoms with Crippen LogP contribution in [0.15, 0.2) is 70.8 Å². The Morgan fingerprint density at radius 3 is 2.41 bits per heavy atom. The van der Waals surface area contributed by atoms with Crippen LogP contribution in [-0.2, 0) is 12.7 Å². The van der Waals surface area contributed by atoms with E-state index >= 15 is 0 Å². The smallest absolute Gasteiger partial charge is 0.303 e. The van der Waals surface area contributed by atoms with E-state index in [4.69, 9.17) is 0 Å². The molecule has 0 spiro atoms. The molecule has 29 heavy (non-hydrogen) atoms. The van der Waals surface area contributed by atoms with E-state index in [9.17, 15) is 23.2 Å². The summed E-state index contributed by atoms with van der Waals surface area (Å²) in [7, 11) is 0. The quantitative estimate of drug-likeness (QED) is 0.437. The Labute approximate surface area is 167 Å². The highest BCUT2D eigenvalue weighted by Gasteiger charge is 2.36. The minimum Gasteiger partial charge on any atom is -0.303 e. The highest BCUT2D eigenvalue weighted by atomic mass is 32.1. The van der Waals surface area contributed by atoms with Gasteiger partial charge in [-0.15, -0.1) is 11.3 Å². The topological polar surface area (TPSA) is 45.8 Å². The van der Waals surface area contributed by atoms with Gasteiger partial charge in [-0.2, -0.15) is 18.4 Å². The molecular weight excluding hydrogens is 397 g/mol. The van der Waals surface area contributed by atoms with Crippen molar-refractivity contribution in [2.45, 2.75) is 12.7 Å². The van der Waals surface area contributed by atoms with Crippen molar-refractivity contribution in [1.82, 2.24) is 4.57 Å². The average molecular weight is 410 g/mol. The summed E-state index contributed by atoms with van der Waals surface area (Å²) in [4.78, 5) is 13.0. The van der Waals surface area contributed by atoms with Gasteiger partial charge in [0.25, 0.3) is 5.56 Å². The first kappa shape index (κ1) is 19.0. The first-order valence-corrected chi connectivity index (χ1v) is 9.54. The van der Waals surface area contributed by atoms with Crippen molar-refractivity contribution >= 4 is 21.4 Å². The Hall–Kier alpha value is -3.37. The number of fused-ring (bicyclic) bond motifs is 1. The molecule has 2 aromatic carbocycles. The number of nitrogens with zero attached hydrogens (tertiary/aromatic N) is 2. The number of hydrogen-bond acceptors (Lipinski definition) is 3. The molecule has 0 atom stereocenters. The molecule has 0 saturated carbocycles. The molecule has 0 bridgehead atoms. The minimum atomic E-state index is -4.81. The Morgan fingerprint density at radius 2 is 1.72 bits per heavy atom. The van der Waals surface area contributed by atoms with Crippen LogP contribution in [-0.4, -0.2) is 4.57 Å². The Balaban J connectivity index is 2.05. The van der Waals surface area contributed by atoms with Gasteiger partial charge in [-0.25, -0.2) is 0 Å². The monoisotopic (exact) mass is 410 g/mol. The number of rotatable bonds is 3. The molecule has 0 amide bonds. The molecule has 3 nitrogen and oxygen atoms in total. The molecule has 2 heterocycles.